The third kappa shape index (κ3) is 7.51. The molecule has 4 heteroatoms. The first-order chi connectivity index (χ1) is 24.4. The van der Waals surface area contributed by atoms with Crippen molar-refractivity contribution in [1.29, 1.82) is 0 Å². The summed E-state index contributed by atoms with van der Waals surface area (Å²) < 4.78 is 2.16. The van der Waals surface area contributed by atoms with Crippen molar-refractivity contribution in [1.82, 2.24) is 0 Å². The normalized spacial score (nSPS) is 18.0. The van der Waals surface area contributed by atoms with Crippen LogP contribution in [0.4, 0.5) is 0 Å². The number of rotatable bonds is 9. The highest BCUT2D eigenvalue weighted by molar-refractivity contribution is 9.10. The summed E-state index contributed by atoms with van der Waals surface area (Å²) in [4.78, 5) is 14.1. The van der Waals surface area contributed by atoms with Crippen LogP contribution >= 0.6 is 39.8 Å². The van der Waals surface area contributed by atoms with Gasteiger partial charge in [0.15, 0.2) is 0 Å². The molecule has 0 spiro atoms. The quantitative estimate of drug-likeness (QED) is 0.135. The standard InChI is InChI=1S/C47H51Br2OP/c1-28(2)33-18-13-19-34(29(3)4)45(33)39-22-15-23-40(46-35(30(5)6)20-14-21-36(46)31(7)8)47(39)51-43(37-16-9-11-24-41(37)48)26-32(50)27-44(51)38-17-10-12-25-42(38)49/h9-25,28-31,43-44H,26-27H2,1-8H3. The lowest BCUT2D eigenvalue weighted by Gasteiger charge is -2.42. The molecule has 1 nitrogen and oxygen atoms in total. The Kier molecular flexibility index (Phi) is 11.9. The van der Waals surface area contributed by atoms with Gasteiger partial charge in [-0.25, -0.2) is 0 Å². The molecule has 264 valence electrons. The molecule has 1 saturated heterocycles. The number of carbonyl (C=O) groups is 1. The number of ketones is 1. The van der Waals surface area contributed by atoms with Gasteiger partial charge in [-0.15, -0.1) is 0 Å². The van der Waals surface area contributed by atoms with E-state index in [-0.39, 0.29) is 11.3 Å². The van der Waals surface area contributed by atoms with Crippen LogP contribution in [0.1, 0.15) is 137 Å². The first-order valence-electron chi connectivity index (χ1n) is 18.6. The fourth-order valence-corrected chi connectivity index (χ4v) is 13.5. The number of hydrogen-bond acceptors (Lipinski definition) is 1. The zero-order chi connectivity index (χ0) is 36.6. The van der Waals surface area contributed by atoms with Crippen molar-refractivity contribution in [3.05, 3.63) is 145 Å². The van der Waals surface area contributed by atoms with Crippen LogP contribution in [0.2, 0.25) is 0 Å². The van der Waals surface area contributed by atoms with Crippen LogP contribution in [0.15, 0.2) is 112 Å². The molecular formula is C47H51Br2OP. The van der Waals surface area contributed by atoms with Gasteiger partial charge >= 0.3 is 0 Å². The average Bonchev–Trinajstić information content (AvgIpc) is 3.10. The summed E-state index contributed by atoms with van der Waals surface area (Å²) in [5.74, 6) is 1.74. The lowest BCUT2D eigenvalue weighted by molar-refractivity contribution is -0.119. The van der Waals surface area contributed by atoms with Crippen LogP contribution in [0.25, 0.3) is 22.3 Å². The monoisotopic (exact) mass is 820 g/mol. The van der Waals surface area contributed by atoms with Gasteiger partial charge in [0.1, 0.15) is 5.78 Å². The first-order valence-corrected chi connectivity index (χ1v) is 21.6. The van der Waals surface area contributed by atoms with Gasteiger partial charge in [-0.05, 0) is 96.7 Å². The van der Waals surface area contributed by atoms with E-state index in [4.69, 9.17) is 0 Å². The van der Waals surface area contributed by atoms with E-state index in [9.17, 15) is 4.79 Å². The zero-order valence-electron chi connectivity index (χ0n) is 31.3. The number of carbonyl (C=O) groups excluding carboxylic acids is 1. The Hall–Kier alpha value is -2.84. The highest BCUT2D eigenvalue weighted by Gasteiger charge is 2.43. The van der Waals surface area contributed by atoms with E-state index >= 15 is 0 Å². The second-order valence-electron chi connectivity index (χ2n) is 15.4. The van der Waals surface area contributed by atoms with Crippen molar-refractivity contribution in [3.63, 3.8) is 0 Å². The maximum absolute atomic E-state index is 14.1. The molecule has 0 saturated carbocycles. The first kappa shape index (κ1) is 37.9. The Morgan fingerprint density at radius 1 is 0.490 bits per heavy atom. The summed E-state index contributed by atoms with van der Waals surface area (Å²) in [5.41, 5.74) is 13.5. The van der Waals surface area contributed by atoms with Crippen LogP contribution in [0.3, 0.4) is 0 Å². The SMILES string of the molecule is CC(C)c1cccc(C(C)C)c1-c1cccc(-c2c(C(C)C)cccc2C(C)C)c1P1C(c2ccccc2Br)CC(=O)CC1c1ccccc1Br. The summed E-state index contributed by atoms with van der Waals surface area (Å²) in [6.45, 7) is 18.6. The second-order valence-corrected chi connectivity index (χ2v) is 19.6. The molecular weight excluding hydrogens is 771 g/mol. The number of Topliss-reactive ketones (excluding diaryl/α,β-unsaturated/α-hetero) is 1. The van der Waals surface area contributed by atoms with Crippen LogP contribution in [0.5, 0.6) is 0 Å². The van der Waals surface area contributed by atoms with Crippen molar-refractivity contribution < 1.29 is 4.79 Å². The lowest BCUT2D eigenvalue weighted by Crippen LogP contribution is -2.27. The minimum atomic E-state index is -1.00. The summed E-state index contributed by atoms with van der Waals surface area (Å²) in [5, 5.41) is 1.44. The molecule has 1 aliphatic heterocycles. The van der Waals surface area contributed by atoms with Crippen LogP contribution in [-0.2, 0) is 4.79 Å². The minimum Gasteiger partial charge on any atom is -0.300 e. The molecule has 1 fully saturated rings. The molecule has 0 bridgehead atoms. The predicted octanol–water partition coefficient (Wildman–Crippen LogP) is 15.0. The summed E-state index contributed by atoms with van der Waals surface area (Å²) >= 11 is 7.96. The highest BCUT2D eigenvalue weighted by atomic mass is 79.9. The topological polar surface area (TPSA) is 17.1 Å². The van der Waals surface area contributed by atoms with Crippen molar-refractivity contribution in [2.45, 2.75) is 103 Å². The molecule has 0 aromatic heterocycles. The van der Waals surface area contributed by atoms with Gasteiger partial charge < -0.3 is 0 Å². The van der Waals surface area contributed by atoms with E-state index in [1.165, 1.54) is 60.9 Å². The molecule has 5 aromatic carbocycles. The highest BCUT2D eigenvalue weighted by Crippen LogP contribution is 2.69. The van der Waals surface area contributed by atoms with Crippen molar-refractivity contribution in [2.75, 3.05) is 0 Å². The Bertz CT molecular complexity index is 1850. The maximum atomic E-state index is 14.1. The van der Waals surface area contributed by atoms with E-state index < -0.39 is 7.92 Å². The summed E-state index contributed by atoms with van der Waals surface area (Å²) in [6.07, 6.45) is 1.07. The average molecular weight is 823 g/mol. The Morgan fingerprint density at radius 2 is 0.824 bits per heavy atom. The van der Waals surface area contributed by atoms with Gasteiger partial charge in [-0.1, -0.05) is 186 Å². The molecule has 0 N–H and O–H groups in total. The van der Waals surface area contributed by atoms with E-state index in [0.717, 1.165) is 8.95 Å². The Labute approximate surface area is 324 Å². The van der Waals surface area contributed by atoms with Gasteiger partial charge in [0.05, 0.1) is 0 Å². The molecule has 0 amide bonds. The fourth-order valence-electron chi connectivity index (χ4n) is 8.20. The van der Waals surface area contributed by atoms with E-state index in [0.29, 0.717) is 42.3 Å². The van der Waals surface area contributed by atoms with Crippen molar-refractivity contribution in [2.24, 2.45) is 0 Å². The molecule has 0 radical (unpaired) electrons. The smallest absolute Gasteiger partial charge is 0.134 e. The molecule has 5 aromatic rings. The molecule has 1 heterocycles. The van der Waals surface area contributed by atoms with Gasteiger partial charge in [-0.3, -0.25) is 4.79 Å². The molecule has 6 rings (SSSR count). The summed E-state index contributed by atoms with van der Waals surface area (Å²) in [7, 11) is -1.00. The third-order valence-corrected chi connectivity index (χ3v) is 15.3. The van der Waals surface area contributed by atoms with E-state index in [1.54, 1.807) is 0 Å². The molecule has 2 atom stereocenters. The maximum Gasteiger partial charge on any atom is 0.134 e. The fraction of sp³-hybridized carbons (Fsp3) is 0.340. The van der Waals surface area contributed by atoms with Crippen LogP contribution in [0, 0.1) is 0 Å². The van der Waals surface area contributed by atoms with Gasteiger partial charge in [0, 0.05) is 33.1 Å². The Morgan fingerprint density at radius 3 is 1.16 bits per heavy atom. The Balaban J connectivity index is 1.84. The predicted molar refractivity (Wildman–Crippen MR) is 228 cm³/mol. The summed E-state index contributed by atoms with van der Waals surface area (Å²) in [6, 6.07) is 38.3. The largest absolute Gasteiger partial charge is 0.300 e. The molecule has 1 aliphatic rings. The zero-order valence-corrected chi connectivity index (χ0v) is 35.4. The lowest BCUT2D eigenvalue weighted by atomic mass is 9.82. The second kappa shape index (κ2) is 16.0. The number of benzene rings is 5. The minimum absolute atomic E-state index is 0.0382. The van der Waals surface area contributed by atoms with Crippen LogP contribution < -0.4 is 5.30 Å². The van der Waals surface area contributed by atoms with Gasteiger partial charge in [0.2, 0.25) is 0 Å². The van der Waals surface area contributed by atoms with E-state index in [1.807, 2.05) is 0 Å². The molecule has 51 heavy (non-hydrogen) atoms. The molecule has 0 aliphatic carbocycles. The number of halogens is 2. The molecule has 2 unspecified atom stereocenters. The van der Waals surface area contributed by atoms with E-state index in [2.05, 4.69) is 190 Å². The van der Waals surface area contributed by atoms with Crippen LogP contribution in [-0.4, -0.2) is 5.78 Å². The van der Waals surface area contributed by atoms with Crippen molar-refractivity contribution in [3.8, 4) is 22.3 Å². The van der Waals surface area contributed by atoms with Gasteiger partial charge in [-0.2, -0.15) is 0 Å². The van der Waals surface area contributed by atoms with Gasteiger partial charge in [0.25, 0.3) is 0 Å². The third-order valence-electron chi connectivity index (χ3n) is 10.6. The number of hydrogen-bond donors (Lipinski definition) is 0. The van der Waals surface area contributed by atoms with Crippen molar-refractivity contribution >= 4 is 50.9 Å².